The highest BCUT2D eigenvalue weighted by molar-refractivity contribution is 6.03. The van der Waals surface area contributed by atoms with Crippen LogP contribution in [0, 0.1) is 39.9 Å². The van der Waals surface area contributed by atoms with Gasteiger partial charge in [0.2, 0.25) is 0 Å². The summed E-state index contributed by atoms with van der Waals surface area (Å²) in [6, 6.07) is 0. The van der Waals surface area contributed by atoms with Gasteiger partial charge in [0.1, 0.15) is 0 Å². The number of allylic oxidation sites excluding steroid dienone is 4. The van der Waals surface area contributed by atoms with Crippen molar-refractivity contribution < 1.29 is 10.2 Å². The molecule has 0 amide bonds. The Morgan fingerprint density at radius 2 is 2.00 bits per heavy atom. The van der Waals surface area contributed by atoms with Crippen molar-refractivity contribution in [3.05, 3.63) is 23.8 Å². The highest BCUT2D eigenvalue weighted by Gasteiger charge is 2.62. The summed E-state index contributed by atoms with van der Waals surface area (Å²) >= 11 is 0. The van der Waals surface area contributed by atoms with E-state index in [4.69, 9.17) is 5.41 Å². The van der Waals surface area contributed by atoms with E-state index in [9.17, 15) is 10.2 Å². The Morgan fingerprint density at radius 1 is 1.26 bits per heavy atom. The number of fused-ring (bicyclic) bond motifs is 5. The van der Waals surface area contributed by atoms with Gasteiger partial charge in [-0.1, -0.05) is 32.4 Å². The highest BCUT2D eigenvalue weighted by Crippen LogP contribution is 2.65. The number of aliphatic hydroxyl groups is 2. The van der Waals surface area contributed by atoms with Crippen LogP contribution in [0.4, 0.5) is 0 Å². The Morgan fingerprint density at radius 3 is 2.74 bits per heavy atom. The van der Waals surface area contributed by atoms with E-state index in [-0.39, 0.29) is 29.0 Å². The smallest absolute Gasteiger partial charge is 0.0623 e. The fourth-order valence-corrected chi connectivity index (χ4v) is 6.69. The summed E-state index contributed by atoms with van der Waals surface area (Å²) in [5.74, 6) is 1.54. The average Bonchev–Trinajstić information content (AvgIpc) is 2.71. The maximum absolute atomic E-state index is 11.1. The first-order valence-corrected chi connectivity index (χ1v) is 9.12. The largest absolute Gasteiger partial charge is 0.393 e. The van der Waals surface area contributed by atoms with Crippen LogP contribution >= 0.6 is 0 Å². The van der Waals surface area contributed by atoms with Crippen LogP contribution in [0.3, 0.4) is 0 Å². The summed E-state index contributed by atoms with van der Waals surface area (Å²) in [4.78, 5) is 0. The molecule has 3 nitrogen and oxygen atoms in total. The molecular weight excluding hydrogens is 286 g/mol. The van der Waals surface area contributed by atoms with Gasteiger partial charge in [-0.3, -0.25) is 0 Å². The van der Waals surface area contributed by atoms with E-state index in [1.165, 1.54) is 5.57 Å². The summed E-state index contributed by atoms with van der Waals surface area (Å²) in [5.41, 5.74) is 1.64. The van der Waals surface area contributed by atoms with Crippen LogP contribution in [0.5, 0.6) is 0 Å². The van der Waals surface area contributed by atoms with Gasteiger partial charge in [-0.15, -0.1) is 0 Å². The molecule has 0 heterocycles. The first-order chi connectivity index (χ1) is 10.8. The van der Waals surface area contributed by atoms with E-state index in [1.54, 1.807) is 0 Å². The van der Waals surface area contributed by atoms with E-state index >= 15 is 0 Å². The van der Waals surface area contributed by atoms with Gasteiger partial charge in [0.25, 0.3) is 0 Å². The minimum absolute atomic E-state index is 0.120. The predicted octanol–water partition coefficient (Wildman–Crippen LogP) is 3.32. The van der Waals surface area contributed by atoms with Crippen LogP contribution in [-0.2, 0) is 0 Å². The molecule has 0 radical (unpaired) electrons. The Kier molecular flexibility index (Phi) is 3.25. The molecule has 7 unspecified atom stereocenters. The molecule has 0 aliphatic heterocycles. The number of rotatable bonds is 0. The Bertz CT molecular complexity index is 609. The summed E-state index contributed by atoms with van der Waals surface area (Å²) in [7, 11) is 0. The monoisotopic (exact) mass is 315 g/mol. The molecule has 4 aliphatic rings. The standard InChI is InChI=1S/C20H29NO2/c1-11-8-15-14-5-4-12-9-13(21)6-7-19(12,2)17(14)16(22)10-20(15,3)18(11)23/h6-7,9,11,14-18,21-23H,4-5,8,10H2,1-3H3/t11?,14?,15?,16?,17?,18-,19?,20?/m1/s1. The van der Waals surface area contributed by atoms with Crippen LogP contribution in [0.2, 0.25) is 0 Å². The van der Waals surface area contributed by atoms with Crippen LogP contribution in [0.25, 0.3) is 0 Å². The van der Waals surface area contributed by atoms with E-state index in [2.05, 4.69) is 26.8 Å². The Hall–Kier alpha value is -0.930. The molecule has 3 heteroatoms. The molecule has 3 saturated carbocycles. The zero-order valence-electron chi connectivity index (χ0n) is 14.4. The maximum atomic E-state index is 11.1. The molecule has 0 aromatic carbocycles. The van der Waals surface area contributed by atoms with Gasteiger partial charge in [-0.05, 0) is 61.0 Å². The number of hydrogen-bond donors (Lipinski definition) is 3. The Labute approximate surface area is 139 Å². The zero-order valence-corrected chi connectivity index (χ0v) is 14.4. The number of nitrogens with one attached hydrogen (secondary N) is 1. The quantitative estimate of drug-likeness (QED) is 0.642. The van der Waals surface area contributed by atoms with Gasteiger partial charge < -0.3 is 15.6 Å². The summed E-state index contributed by atoms with van der Waals surface area (Å²) in [6.07, 6.45) is 9.33. The zero-order chi connectivity index (χ0) is 16.6. The normalized spacial score (nSPS) is 55.0. The summed E-state index contributed by atoms with van der Waals surface area (Å²) in [6.45, 7) is 6.61. The topological polar surface area (TPSA) is 64.3 Å². The van der Waals surface area contributed by atoms with Crippen LogP contribution < -0.4 is 0 Å². The third kappa shape index (κ3) is 1.93. The van der Waals surface area contributed by atoms with Gasteiger partial charge >= 0.3 is 0 Å². The molecular formula is C20H29NO2. The fourth-order valence-electron chi connectivity index (χ4n) is 6.69. The first-order valence-electron chi connectivity index (χ1n) is 9.12. The van der Waals surface area contributed by atoms with Gasteiger partial charge in [-0.25, -0.2) is 0 Å². The fraction of sp³-hybridized carbons (Fsp3) is 0.750. The van der Waals surface area contributed by atoms with Crippen molar-refractivity contribution in [3.63, 3.8) is 0 Å². The lowest BCUT2D eigenvalue weighted by Gasteiger charge is -2.58. The molecule has 3 fully saturated rings. The van der Waals surface area contributed by atoms with Crippen molar-refractivity contribution in [1.29, 1.82) is 5.41 Å². The van der Waals surface area contributed by atoms with Crippen molar-refractivity contribution in [2.24, 2.45) is 34.5 Å². The molecule has 4 aliphatic carbocycles. The molecule has 0 spiro atoms. The van der Waals surface area contributed by atoms with Crippen LogP contribution in [0.1, 0.15) is 46.5 Å². The molecule has 0 bridgehead atoms. The first kappa shape index (κ1) is 15.6. The van der Waals surface area contributed by atoms with Crippen molar-refractivity contribution in [2.75, 3.05) is 0 Å². The molecule has 0 aromatic heterocycles. The second kappa shape index (κ2) is 4.80. The van der Waals surface area contributed by atoms with Gasteiger partial charge in [0.15, 0.2) is 0 Å². The average molecular weight is 315 g/mol. The van der Waals surface area contributed by atoms with E-state index < -0.39 is 0 Å². The second-order valence-corrected chi connectivity index (χ2v) is 9.01. The van der Waals surface area contributed by atoms with Gasteiger partial charge in [-0.2, -0.15) is 0 Å². The van der Waals surface area contributed by atoms with E-state index in [0.29, 0.717) is 29.9 Å². The van der Waals surface area contributed by atoms with Gasteiger partial charge in [0.05, 0.1) is 17.9 Å². The van der Waals surface area contributed by atoms with Crippen molar-refractivity contribution in [2.45, 2.75) is 58.7 Å². The van der Waals surface area contributed by atoms with E-state index in [0.717, 1.165) is 19.3 Å². The third-order valence-electron chi connectivity index (χ3n) is 7.80. The third-order valence-corrected chi connectivity index (χ3v) is 7.80. The summed E-state index contributed by atoms with van der Waals surface area (Å²) < 4.78 is 0. The molecule has 23 heavy (non-hydrogen) atoms. The number of hydrogen-bond acceptors (Lipinski definition) is 3. The summed E-state index contributed by atoms with van der Waals surface area (Å²) in [5, 5.41) is 29.7. The SMILES string of the molecule is CC1CC2C3CCC4=CC(=N)C=CC4(C)C3C(O)CC2(C)[C@@H]1O. The highest BCUT2D eigenvalue weighted by atomic mass is 16.3. The second-order valence-electron chi connectivity index (χ2n) is 9.01. The molecule has 0 saturated heterocycles. The lowest BCUT2D eigenvalue weighted by molar-refractivity contribution is -0.130. The van der Waals surface area contributed by atoms with Gasteiger partial charge in [0, 0.05) is 11.3 Å². The Balaban J connectivity index is 1.76. The van der Waals surface area contributed by atoms with E-state index in [1.807, 2.05) is 12.2 Å². The minimum atomic E-state index is -0.369. The number of aliphatic hydroxyl groups excluding tert-OH is 2. The maximum Gasteiger partial charge on any atom is 0.0623 e. The lowest BCUT2D eigenvalue weighted by Crippen LogP contribution is -2.56. The molecule has 8 atom stereocenters. The molecule has 3 N–H and O–H groups in total. The predicted molar refractivity (Wildman–Crippen MR) is 91.3 cm³/mol. The van der Waals surface area contributed by atoms with Crippen LogP contribution in [-0.4, -0.2) is 28.1 Å². The van der Waals surface area contributed by atoms with Crippen LogP contribution in [0.15, 0.2) is 23.8 Å². The van der Waals surface area contributed by atoms with Crippen molar-refractivity contribution in [3.8, 4) is 0 Å². The molecule has 126 valence electrons. The molecule has 0 aromatic rings. The molecule has 4 rings (SSSR count). The lowest BCUT2D eigenvalue weighted by atomic mass is 9.47. The van der Waals surface area contributed by atoms with Crippen molar-refractivity contribution in [1.82, 2.24) is 0 Å². The minimum Gasteiger partial charge on any atom is -0.393 e. The van der Waals surface area contributed by atoms with Crippen molar-refractivity contribution >= 4 is 5.71 Å².